The van der Waals surface area contributed by atoms with Crippen LogP contribution in [0.3, 0.4) is 0 Å². The minimum Gasteiger partial charge on any atom is -0.389 e. The van der Waals surface area contributed by atoms with Crippen molar-refractivity contribution in [2.75, 3.05) is 5.73 Å². The lowest BCUT2D eigenvalue weighted by atomic mass is 10.1. The van der Waals surface area contributed by atoms with Gasteiger partial charge in [0.05, 0.1) is 5.56 Å². The Morgan fingerprint density at radius 1 is 1.36 bits per heavy atom. The van der Waals surface area contributed by atoms with E-state index < -0.39 is 0 Å². The van der Waals surface area contributed by atoms with Crippen molar-refractivity contribution in [3.8, 4) is 17.2 Å². The quantitative estimate of drug-likeness (QED) is 0.769. The molecule has 2 heterocycles. The molecule has 2 aromatic rings. The van der Waals surface area contributed by atoms with Gasteiger partial charge in [0.15, 0.2) is 0 Å². The van der Waals surface area contributed by atoms with E-state index in [0.29, 0.717) is 10.6 Å². The summed E-state index contributed by atoms with van der Waals surface area (Å²) in [7, 11) is 0. The first-order valence-electron chi connectivity index (χ1n) is 4.00. The number of nitrogen functional groups attached to an aromatic ring is 1. The Morgan fingerprint density at radius 3 is 2.71 bits per heavy atom. The van der Waals surface area contributed by atoms with E-state index in [9.17, 15) is 0 Å². The van der Waals surface area contributed by atoms with Crippen molar-refractivity contribution in [2.24, 2.45) is 0 Å². The van der Waals surface area contributed by atoms with Crippen molar-refractivity contribution in [1.29, 1.82) is 5.26 Å². The van der Waals surface area contributed by atoms with Crippen LogP contribution >= 0.6 is 11.3 Å². The fourth-order valence-electron chi connectivity index (χ4n) is 1.23. The maximum Gasteiger partial charge on any atom is 0.104 e. The smallest absolute Gasteiger partial charge is 0.104 e. The van der Waals surface area contributed by atoms with Crippen molar-refractivity contribution in [3.05, 3.63) is 35.5 Å². The molecule has 2 rings (SSSR count). The van der Waals surface area contributed by atoms with Gasteiger partial charge in [-0.05, 0) is 17.7 Å². The molecule has 0 unspecified atom stereocenters. The van der Waals surface area contributed by atoms with Crippen LogP contribution < -0.4 is 5.73 Å². The SMILES string of the molecule is N#Cc1c(-c2ccncc2)csc1N. The zero-order valence-electron chi connectivity index (χ0n) is 7.27. The summed E-state index contributed by atoms with van der Waals surface area (Å²) < 4.78 is 0. The van der Waals surface area contributed by atoms with Crippen LogP contribution in [0.4, 0.5) is 5.00 Å². The normalized spacial score (nSPS) is 9.64. The summed E-state index contributed by atoms with van der Waals surface area (Å²) in [6, 6.07) is 5.83. The maximum absolute atomic E-state index is 8.91. The van der Waals surface area contributed by atoms with Gasteiger partial charge in [0.2, 0.25) is 0 Å². The van der Waals surface area contributed by atoms with Crippen molar-refractivity contribution in [3.63, 3.8) is 0 Å². The molecule has 0 radical (unpaired) electrons. The van der Waals surface area contributed by atoms with Crippen molar-refractivity contribution < 1.29 is 0 Å². The second kappa shape index (κ2) is 3.48. The second-order valence-electron chi connectivity index (χ2n) is 2.74. The van der Waals surface area contributed by atoms with Crippen LogP contribution in [0.2, 0.25) is 0 Å². The molecule has 0 aliphatic rings. The topological polar surface area (TPSA) is 62.7 Å². The van der Waals surface area contributed by atoms with Crippen molar-refractivity contribution >= 4 is 16.3 Å². The molecule has 0 atom stereocenters. The molecule has 2 N–H and O–H groups in total. The summed E-state index contributed by atoms with van der Waals surface area (Å²) in [5.74, 6) is 0. The van der Waals surface area contributed by atoms with E-state index in [-0.39, 0.29) is 0 Å². The van der Waals surface area contributed by atoms with Gasteiger partial charge < -0.3 is 5.73 Å². The number of hydrogen-bond donors (Lipinski definition) is 1. The third-order valence-corrected chi connectivity index (χ3v) is 2.73. The van der Waals surface area contributed by atoms with E-state index in [1.165, 1.54) is 11.3 Å². The van der Waals surface area contributed by atoms with Gasteiger partial charge in [0.25, 0.3) is 0 Å². The molecular weight excluding hydrogens is 194 g/mol. The molecule has 0 amide bonds. The van der Waals surface area contributed by atoms with Crippen molar-refractivity contribution in [2.45, 2.75) is 0 Å². The molecule has 0 fully saturated rings. The Bertz CT molecular complexity index is 482. The van der Waals surface area contributed by atoms with Crippen LogP contribution in [0.15, 0.2) is 29.9 Å². The zero-order valence-corrected chi connectivity index (χ0v) is 8.08. The minimum absolute atomic E-state index is 0.557. The van der Waals surface area contributed by atoms with Gasteiger partial charge in [-0.2, -0.15) is 5.26 Å². The highest BCUT2D eigenvalue weighted by molar-refractivity contribution is 7.14. The summed E-state index contributed by atoms with van der Waals surface area (Å²) in [6.45, 7) is 0. The Balaban J connectivity index is 2.59. The summed E-state index contributed by atoms with van der Waals surface area (Å²) >= 11 is 1.39. The highest BCUT2D eigenvalue weighted by Crippen LogP contribution is 2.32. The van der Waals surface area contributed by atoms with Crippen LogP contribution in [0.25, 0.3) is 11.1 Å². The number of hydrogen-bond acceptors (Lipinski definition) is 4. The van der Waals surface area contributed by atoms with Gasteiger partial charge in [0.1, 0.15) is 11.1 Å². The predicted octanol–water partition coefficient (Wildman–Crippen LogP) is 2.26. The van der Waals surface area contributed by atoms with Crippen LogP contribution in [0.1, 0.15) is 5.56 Å². The summed E-state index contributed by atoms with van der Waals surface area (Å²) in [4.78, 5) is 3.92. The van der Waals surface area contributed by atoms with Gasteiger partial charge >= 0.3 is 0 Å². The number of rotatable bonds is 1. The lowest BCUT2D eigenvalue weighted by Gasteiger charge is -1.97. The molecular formula is C10H7N3S. The molecule has 0 aliphatic carbocycles. The number of nitrogens with two attached hydrogens (primary N) is 1. The zero-order chi connectivity index (χ0) is 9.97. The maximum atomic E-state index is 8.91. The monoisotopic (exact) mass is 201 g/mol. The van der Waals surface area contributed by atoms with Crippen molar-refractivity contribution in [1.82, 2.24) is 4.98 Å². The van der Waals surface area contributed by atoms with E-state index in [2.05, 4.69) is 11.1 Å². The third-order valence-electron chi connectivity index (χ3n) is 1.92. The highest BCUT2D eigenvalue weighted by atomic mass is 32.1. The van der Waals surface area contributed by atoms with Gasteiger partial charge in [-0.3, -0.25) is 4.98 Å². The Hall–Kier alpha value is -1.86. The first kappa shape index (κ1) is 8.73. The van der Waals surface area contributed by atoms with Gasteiger partial charge in [-0.1, -0.05) is 0 Å². The van der Waals surface area contributed by atoms with Crippen LogP contribution in [0, 0.1) is 11.3 Å². The number of anilines is 1. The fraction of sp³-hybridized carbons (Fsp3) is 0. The Morgan fingerprint density at radius 2 is 2.07 bits per heavy atom. The molecule has 0 spiro atoms. The lowest BCUT2D eigenvalue weighted by Crippen LogP contribution is -1.85. The standard InChI is InChI=1S/C10H7N3S/c11-5-8-9(6-14-10(8)12)7-1-3-13-4-2-7/h1-4,6H,12H2. The Kier molecular flexibility index (Phi) is 2.17. The highest BCUT2D eigenvalue weighted by Gasteiger charge is 2.09. The average molecular weight is 201 g/mol. The Labute approximate surface area is 85.4 Å². The number of nitriles is 1. The molecule has 68 valence electrons. The lowest BCUT2D eigenvalue weighted by molar-refractivity contribution is 1.33. The van der Waals surface area contributed by atoms with Gasteiger partial charge in [-0.25, -0.2) is 0 Å². The number of pyridine rings is 1. The predicted molar refractivity (Wildman–Crippen MR) is 56.7 cm³/mol. The molecule has 0 bridgehead atoms. The summed E-state index contributed by atoms with van der Waals surface area (Å²) in [5.41, 5.74) is 8.09. The molecule has 0 saturated carbocycles. The van der Waals surface area contributed by atoms with Gasteiger partial charge in [0, 0.05) is 23.3 Å². The molecule has 4 heteroatoms. The minimum atomic E-state index is 0.557. The molecule has 3 nitrogen and oxygen atoms in total. The summed E-state index contributed by atoms with van der Waals surface area (Å²) in [5, 5.41) is 11.4. The molecule has 0 saturated heterocycles. The average Bonchev–Trinajstić information content (AvgIpc) is 2.61. The van der Waals surface area contributed by atoms with E-state index in [0.717, 1.165) is 11.1 Å². The number of thiophene rings is 1. The van der Waals surface area contributed by atoms with E-state index in [1.807, 2.05) is 17.5 Å². The van der Waals surface area contributed by atoms with E-state index in [1.54, 1.807) is 12.4 Å². The first-order valence-corrected chi connectivity index (χ1v) is 4.88. The van der Waals surface area contributed by atoms with Crippen LogP contribution in [-0.2, 0) is 0 Å². The van der Waals surface area contributed by atoms with Crippen LogP contribution in [-0.4, -0.2) is 4.98 Å². The first-order chi connectivity index (χ1) is 6.83. The summed E-state index contributed by atoms with van der Waals surface area (Å²) in [6.07, 6.45) is 3.40. The van der Waals surface area contributed by atoms with Gasteiger partial charge in [-0.15, -0.1) is 11.3 Å². The molecule has 14 heavy (non-hydrogen) atoms. The van der Waals surface area contributed by atoms with E-state index in [4.69, 9.17) is 11.0 Å². The number of aromatic nitrogens is 1. The van der Waals surface area contributed by atoms with E-state index >= 15 is 0 Å². The molecule has 0 aliphatic heterocycles. The van der Waals surface area contributed by atoms with Crippen LogP contribution in [0.5, 0.6) is 0 Å². The third kappa shape index (κ3) is 1.34. The fourth-order valence-corrected chi connectivity index (χ4v) is 2.00. The molecule has 2 aromatic heterocycles. The second-order valence-corrected chi connectivity index (χ2v) is 3.65. The largest absolute Gasteiger partial charge is 0.389 e. The number of nitrogens with zero attached hydrogens (tertiary/aromatic N) is 2. The molecule has 0 aromatic carbocycles.